The molecule has 0 bridgehead atoms. The molecule has 0 aliphatic carbocycles. The van der Waals surface area contributed by atoms with Gasteiger partial charge in [-0.2, -0.15) is 5.10 Å². The quantitative estimate of drug-likeness (QED) is 0.769. The maximum atomic E-state index is 12.4. The van der Waals surface area contributed by atoms with Crippen LogP contribution in [0.2, 0.25) is 5.02 Å². The van der Waals surface area contributed by atoms with Crippen molar-refractivity contribution < 1.29 is 9.90 Å². The Morgan fingerprint density at radius 2 is 2.18 bits per heavy atom. The van der Waals surface area contributed by atoms with Crippen molar-refractivity contribution in [2.75, 3.05) is 18.8 Å². The zero-order chi connectivity index (χ0) is 15.7. The van der Waals surface area contributed by atoms with Crippen LogP contribution in [-0.2, 0) is 5.60 Å². The average Bonchev–Trinajstić information content (AvgIpc) is 2.88. The zero-order valence-electron chi connectivity index (χ0n) is 11.8. The van der Waals surface area contributed by atoms with Crippen molar-refractivity contribution >= 4 is 23.3 Å². The molecule has 1 aliphatic heterocycles. The van der Waals surface area contributed by atoms with Gasteiger partial charge in [0.1, 0.15) is 10.7 Å². The molecule has 22 heavy (non-hydrogen) atoms. The van der Waals surface area contributed by atoms with Crippen molar-refractivity contribution in [1.29, 1.82) is 0 Å². The lowest BCUT2D eigenvalue weighted by molar-refractivity contribution is -0.0215. The van der Waals surface area contributed by atoms with Gasteiger partial charge in [0.25, 0.3) is 5.91 Å². The van der Waals surface area contributed by atoms with Crippen molar-refractivity contribution in [3.8, 4) is 0 Å². The number of hydrogen-bond donors (Lipinski definition) is 3. The molecule has 1 amide bonds. The van der Waals surface area contributed by atoms with Gasteiger partial charge in [0, 0.05) is 31.0 Å². The summed E-state index contributed by atoms with van der Waals surface area (Å²) in [5.41, 5.74) is 5.53. The largest absolute Gasteiger partial charge is 0.385 e. The van der Waals surface area contributed by atoms with Crippen molar-refractivity contribution in [3.63, 3.8) is 0 Å². The third-order valence-electron chi connectivity index (χ3n) is 4.02. The van der Waals surface area contributed by atoms with E-state index in [1.807, 2.05) is 6.07 Å². The normalized spacial score (nSPS) is 17.5. The topological polar surface area (TPSA) is 108 Å². The molecule has 2 aromatic rings. The van der Waals surface area contributed by atoms with Crippen LogP contribution in [0.4, 0.5) is 5.82 Å². The molecule has 0 aromatic carbocycles. The van der Waals surface area contributed by atoms with Crippen molar-refractivity contribution in [2.45, 2.75) is 18.4 Å². The van der Waals surface area contributed by atoms with E-state index in [0.29, 0.717) is 25.9 Å². The van der Waals surface area contributed by atoms with Crippen molar-refractivity contribution in [1.82, 2.24) is 20.1 Å². The van der Waals surface area contributed by atoms with Gasteiger partial charge in [-0.3, -0.25) is 14.9 Å². The molecule has 0 spiro atoms. The van der Waals surface area contributed by atoms with Gasteiger partial charge in [-0.15, -0.1) is 0 Å². The highest BCUT2D eigenvalue weighted by atomic mass is 35.5. The number of pyridine rings is 1. The highest BCUT2D eigenvalue weighted by Gasteiger charge is 2.36. The summed E-state index contributed by atoms with van der Waals surface area (Å²) in [6.07, 6.45) is 4.19. The van der Waals surface area contributed by atoms with E-state index in [-0.39, 0.29) is 22.4 Å². The van der Waals surface area contributed by atoms with Crippen LogP contribution in [0.5, 0.6) is 0 Å². The number of amides is 1. The molecule has 1 fully saturated rings. The predicted octanol–water partition coefficient (Wildman–Crippen LogP) is 1.16. The minimum Gasteiger partial charge on any atom is -0.385 e. The average molecular weight is 322 g/mol. The highest BCUT2D eigenvalue weighted by Crippen LogP contribution is 2.33. The minimum atomic E-state index is -0.957. The molecule has 7 nitrogen and oxygen atoms in total. The third kappa shape index (κ3) is 2.53. The van der Waals surface area contributed by atoms with Gasteiger partial charge < -0.3 is 15.7 Å². The number of aliphatic hydroxyl groups is 1. The van der Waals surface area contributed by atoms with E-state index < -0.39 is 5.60 Å². The van der Waals surface area contributed by atoms with Crippen LogP contribution in [0.3, 0.4) is 0 Å². The van der Waals surface area contributed by atoms with E-state index in [1.165, 1.54) is 0 Å². The van der Waals surface area contributed by atoms with Crippen molar-refractivity contribution in [2.24, 2.45) is 0 Å². The van der Waals surface area contributed by atoms with E-state index in [9.17, 15) is 9.90 Å². The summed E-state index contributed by atoms with van der Waals surface area (Å²) in [4.78, 5) is 18.1. The fraction of sp³-hybridized carbons (Fsp3) is 0.357. The number of aromatic nitrogens is 3. The highest BCUT2D eigenvalue weighted by molar-refractivity contribution is 6.35. The predicted molar refractivity (Wildman–Crippen MR) is 81.3 cm³/mol. The van der Waals surface area contributed by atoms with Gasteiger partial charge in [-0.25, -0.2) is 0 Å². The Balaban J connectivity index is 1.72. The summed E-state index contributed by atoms with van der Waals surface area (Å²) in [5.74, 6) is -0.156. The standard InChI is InChI=1S/C14H16ClN5O2/c15-10-11(18-19-12(10)16)13(21)20-6-3-14(22,4-7-20)9-2-1-5-17-8-9/h1-2,5,8,22H,3-4,6-7H2,(H3,16,18,19). The smallest absolute Gasteiger partial charge is 0.273 e. The molecule has 8 heteroatoms. The van der Waals surface area contributed by atoms with Crippen LogP contribution in [0.1, 0.15) is 28.9 Å². The SMILES string of the molecule is Nc1n[nH]c(C(=O)N2CCC(O)(c3cccnc3)CC2)c1Cl. The van der Waals surface area contributed by atoms with Gasteiger partial charge in [-0.05, 0) is 18.9 Å². The third-order valence-corrected chi connectivity index (χ3v) is 4.41. The lowest BCUT2D eigenvalue weighted by Gasteiger charge is -2.38. The summed E-state index contributed by atoms with van der Waals surface area (Å²) in [6, 6.07) is 3.63. The number of aromatic amines is 1. The molecular formula is C14H16ClN5O2. The van der Waals surface area contributed by atoms with Crippen LogP contribution in [0.15, 0.2) is 24.5 Å². The fourth-order valence-electron chi connectivity index (χ4n) is 2.65. The Hall–Kier alpha value is -2.12. The molecular weight excluding hydrogens is 306 g/mol. The van der Waals surface area contributed by atoms with E-state index in [4.69, 9.17) is 17.3 Å². The number of nitrogens with zero attached hydrogens (tertiary/aromatic N) is 3. The summed E-state index contributed by atoms with van der Waals surface area (Å²) in [5, 5.41) is 17.1. The van der Waals surface area contributed by atoms with Crippen LogP contribution in [-0.4, -0.2) is 44.2 Å². The number of nitrogens with two attached hydrogens (primary N) is 1. The summed E-state index contributed by atoms with van der Waals surface area (Å²) < 4.78 is 0. The molecule has 4 N–H and O–H groups in total. The Labute approximate surface area is 132 Å². The number of carbonyl (C=O) groups is 1. The van der Waals surface area contributed by atoms with Crippen LogP contribution in [0.25, 0.3) is 0 Å². The van der Waals surface area contributed by atoms with Gasteiger partial charge in [0.15, 0.2) is 5.82 Å². The van der Waals surface area contributed by atoms with Gasteiger partial charge >= 0.3 is 0 Å². The van der Waals surface area contributed by atoms with Crippen LogP contribution in [0, 0.1) is 0 Å². The van der Waals surface area contributed by atoms with Gasteiger partial charge in [-0.1, -0.05) is 17.7 Å². The Morgan fingerprint density at radius 1 is 1.45 bits per heavy atom. The number of H-pyrrole nitrogens is 1. The molecule has 1 aliphatic rings. The number of carbonyl (C=O) groups excluding carboxylic acids is 1. The zero-order valence-corrected chi connectivity index (χ0v) is 12.5. The number of halogens is 1. The van der Waals surface area contributed by atoms with Crippen molar-refractivity contribution in [3.05, 3.63) is 40.8 Å². The Kier molecular flexibility index (Phi) is 3.76. The first-order valence-corrected chi connectivity index (χ1v) is 7.30. The molecule has 0 atom stereocenters. The number of anilines is 1. The molecule has 3 rings (SSSR count). The number of rotatable bonds is 2. The number of hydrogen-bond acceptors (Lipinski definition) is 5. The monoisotopic (exact) mass is 321 g/mol. The second-order valence-electron chi connectivity index (χ2n) is 5.36. The molecule has 116 valence electrons. The number of likely N-dealkylation sites (tertiary alicyclic amines) is 1. The number of piperidine rings is 1. The first-order chi connectivity index (χ1) is 10.5. The number of nitrogen functional groups attached to an aromatic ring is 1. The van der Waals surface area contributed by atoms with E-state index >= 15 is 0 Å². The molecule has 0 unspecified atom stereocenters. The maximum absolute atomic E-state index is 12.4. The maximum Gasteiger partial charge on any atom is 0.273 e. The van der Waals surface area contributed by atoms with E-state index in [0.717, 1.165) is 5.56 Å². The Bertz CT molecular complexity index is 680. The summed E-state index contributed by atoms with van der Waals surface area (Å²) in [6.45, 7) is 0.832. The van der Waals surface area contributed by atoms with Gasteiger partial charge in [0.05, 0.1) is 5.60 Å². The minimum absolute atomic E-state index is 0.105. The second-order valence-corrected chi connectivity index (χ2v) is 5.74. The molecule has 1 saturated heterocycles. The van der Waals surface area contributed by atoms with Crippen LogP contribution >= 0.6 is 11.6 Å². The Morgan fingerprint density at radius 3 is 2.73 bits per heavy atom. The molecule has 2 aromatic heterocycles. The lowest BCUT2D eigenvalue weighted by atomic mass is 9.85. The second kappa shape index (κ2) is 5.58. The summed E-state index contributed by atoms with van der Waals surface area (Å²) >= 11 is 5.95. The lowest BCUT2D eigenvalue weighted by Crippen LogP contribution is -2.45. The van der Waals surface area contributed by atoms with E-state index in [1.54, 1.807) is 23.4 Å². The van der Waals surface area contributed by atoms with E-state index in [2.05, 4.69) is 15.2 Å². The number of nitrogens with one attached hydrogen (secondary N) is 1. The summed E-state index contributed by atoms with van der Waals surface area (Å²) in [7, 11) is 0. The first kappa shape index (κ1) is 14.8. The van der Waals surface area contributed by atoms with Crippen LogP contribution < -0.4 is 5.73 Å². The molecule has 3 heterocycles. The fourth-order valence-corrected chi connectivity index (χ4v) is 2.81. The first-order valence-electron chi connectivity index (χ1n) is 6.93. The molecule has 0 radical (unpaired) electrons. The molecule has 0 saturated carbocycles. The van der Waals surface area contributed by atoms with Gasteiger partial charge in [0.2, 0.25) is 0 Å².